The van der Waals surface area contributed by atoms with Gasteiger partial charge >= 0.3 is 0 Å². The quantitative estimate of drug-likeness (QED) is 0.621. The maximum absolute atomic E-state index is 12.3. The van der Waals surface area contributed by atoms with E-state index in [1.165, 1.54) is 0 Å². The first-order valence-corrected chi connectivity index (χ1v) is 6.21. The molecule has 1 unspecified atom stereocenters. The van der Waals surface area contributed by atoms with Gasteiger partial charge in [0, 0.05) is 5.69 Å². The van der Waals surface area contributed by atoms with Crippen molar-refractivity contribution in [2.75, 3.05) is 4.90 Å². The first-order chi connectivity index (χ1) is 9.31. The summed E-state index contributed by atoms with van der Waals surface area (Å²) in [5.41, 5.74) is 2.70. The van der Waals surface area contributed by atoms with Gasteiger partial charge in [-0.3, -0.25) is 4.79 Å². The second-order valence-electron chi connectivity index (χ2n) is 4.58. The number of carbonyl (C=O) groups is 2. The second kappa shape index (κ2) is 4.69. The van der Waals surface area contributed by atoms with Crippen LogP contribution in [0.2, 0.25) is 0 Å². The molecular weight excluding hydrogens is 238 g/mol. The van der Waals surface area contributed by atoms with Gasteiger partial charge in [-0.25, -0.2) is 0 Å². The number of rotatable bonds is 3. The predicted octanol–water partition coefficient (Wildman–Crippen LogP) is 2.52. The van der Waals surface area contributed by atoms with Crippen molar-refractivity contribution in [2.45, 2.75) is 12.5 Å². The minimum Gasteiger partial charge on any atom is -0.307 e. The van der Waals surface area contributed by atoms with Crippen LogP contribution < -0.4 is 4.90 Å². The van der Waals surface area contributed by atoms with Gasteiger partial charge in [-0.1, -0.05) is 48.5 Å². The van der Waals surface area contributed by atoms with Crippen LogP contribution in [0.3, 0.4) is 0 Å². The van der Waals surface area contributed by atoms with E-state index in [2.05, 4.69) is 0 Å². The summed E-state index contributed by atoms with van der Waals surface area (Å²) >= 11 is 0. The van der Waals surface area contributed by atoms with E-state index in [0.717, 1.165) is 23.1 Å². The van der Waals surface area contributed by atoms with Crippen molar-refractivity contribution in [3.63, 3.8) is 0 Å². The van der Waals surface area contributed by atoms with E-state index in [4.69, 9.17) is 0 Å². The Morgan fingerprint density at radius 1 is 1.00 bits per heavy atom. The number of para-hydroxylation sites is 1. The maximum Gasteiger partial charge on any atom is 0.242 e. The molecule has 0 radical (unpaired) electrons. The van der Waals surface area contributed by atoms with Crippen LogP contribution in [-0.2, 0) is 16.1 Å². The Hall–Kier alpha value is -2.42. The van der Waals surface area contributed by atoms with Crippen LogP contribution in [0.5, 0.6) is 0 Å². The molecule has 0 saturated carbocycles. The fourth-order valence-electron chi connectivity index (χ4n) is 2.48. The SMILES string of the molecule is O=CC1C(=O)N(Cc2ccccc2)c2ccccc21. The molecule has 1 atom stereocenters. The van der Waals surface area contributed by atoms with Crippen molar-refractivity contribution >= 4 is 17.9 Å². The Morgan fingerprint density at radius 2 is 1.68 bits per heavy atom. The zero-order valence-corrected chi connectivity index (χ0v) is 10.3. The van der Waals surface area contributed by atoms with Crippen molar-refractivity contribution in [3.05, 3.63) is 65.7 Å². The zero-order valence-electron chi connectivity index (χ0n) is 10.3. The number of benzene rings is 2. The molecule has 0 aromatic heterocycles. The van der Waals surface area contributed by atoms with Crippen LogP contribution in [-0.4, -0.2) is 12.2 Å². The molecule has 0 aliphatic carbocycles. The highest BCUT2D eigenvalue weighted by Crippen LogP contribution is 2.36. The molecule has 1 heterocycles. The highest BCUT2D eigenvalue weighted by molar-refractivity contribution is 6.12. The topological polar surface area (TPSA) is 37.4 Å². The average molecular weight is 251 g/mol. The minimum atomic E-state index is -0.653. The average Bonchev–Trinajstić information content (AvgIpc) is 2.73. The monoisotopic (exact) mass is 251 g/mol. The molecule has 3 nitrogen and oxygen atoms in total. The van der Waals surface area contributed by atoms with Crippen LogP contribution in [0.15, 0.2) is 54.6 Å². The Balaban J connectivity index is 1.98. The molecule has 94 valence electrons. The van der Waals surface area contributed by atoms with Gasteiger partial charge in [-0.05, 0) is 17.2 Å². The van der Waals surface area contributed by atoms with Gasteiger partial charge < -0.3 is 9.69 Å². The zero-order chi connectivity index (χ0) is 13.2. The number of nitrogens with zero attached hydrogens (tertiary/aromatic N) is 1. The number of anilines is 1. The van der Waals surface area contributed by atoms with E-state index in [1.807, 2.05) is 54.6 Å². The Bertz CT molecular complexity index is 622. The van der Waals surface area contributed by atoms with Crippen LogP contribution >= 0.6 is 0 Å². The van der Waals surface area contributed by atoms with E-state index < -0.39 is 5.92 Å². The number of amides is 1. The van der Waals surface area contributed by atoms with Crippen LogP contribution in [0.25, 0.3) is 0 Å². The minimum absolute atomic E-state index is 0.139. The molecule has 2 aromatic carbocycles. The lowest BCUT2D eigenvalue weighted by atomic mass is 10.0. The first-order valence-electron chi connectivity index (χ1n) is 6.21. The number of aldehydes is 1. The summed E-state index contributed by atoms with van der Waals surface area (Å²) in [7, 11) is 0. The van der Waals surface area contributed by atoms with Crippen LogP contribution in [0.1, 0.15) is 17.0 Å². The second-order valence-corrected chi connectivity index (χ2v) is 4.58. The standard InChI is InChI=1S/C16H13NO2/c18-11-14-13-8-4-5-9-15(13)17(16(14)19)10-12-6-2-1-3-7-12/h1-9,11,14H,10H2. The van der Waals surface area contributed by atoms with Crippen molar-refractivity contribution in [1.29, 1.82) is 0 Å². The molecule has 1 aliphatic rings. The third-order valence-electron chi connectivity index (χ3n) is 3.41. The highest BCUT2D eigenvalue weighted by Gasteiger charge is 2.36. The normalized spacial score (nSPS) is 17.4. The molecule has 0 spiro atoms. The molecule has 0 bridgehead atoms. The summed E-state index contributed by atoms with van der Waals surface area (Å²) in [5, 5.41) is 0. The Morgan fingerprint density at radius 3 is 2.42 bits per heavy atom. The summed E-state index contributed by atoms with van der Waals surface area (Å²) in [6, 6.07) is 17.3. The van der Waals surface area contributed by atoms with E-state index in [-0.39, 0.29) is 5.91 Å². The maximum atomic E-state index is 12.3. The van der Waals surface area contributed by atoms with E-state index in [0.29, 0.717) is 6.54 Å². The molecule has 0 fully saturated rings. The summed E-state index contributed by atoms with van der Waals surface area (Å²) < 4.78 is 0. The van der Waals surface area contributed by atoms with Crippen molar-refractivity contribution < 1.29 is 9.59 Å². The molecule has 0 saturated heterocycles. The van der Waals surface area contributed by atoms with Crippen LogP contribution in [0.4, 0.5) is 5.69 Å². The number of hydrogen-bond acceptors (Lipinski definition) is 2. The van der Waals surface area contributed by atoms with Crippen molar-refractivity contribution in [3.8, 4) is 0 Å². The molecule has 1 amide bonds. The van der Waals surface area contributed by atoms with Gasteiger partial charge in [0.05, 0.1) is 6.54 Å². The molecule has 19 heavy (non-hydrogen) atoms. The lowest BCUT2D eigenvalue weighted by molar-refractivity contribution is -0.123. The van der Waals surface area contributed by atoms with Gasteiger partial charge in [-0.15, -0.1) is 0 Å². The summed E-state index contributed by atoms with van der Waals surface area (Å²) in [4.78, 5) is 25.1. The lowest BCUT2D eigenvalue weighted by Crippen LogP contribution is -2.28. The largest absolute Gasteiger partial charge is 0.307 e. The lowest BCUT2D eigenvalue weighted by Gasteiger charge is -2.17. The molecule has 3 rings (SSSR count). The fourth-order valence-corrected chi connectivity index (χ4v) is 2.48. The molecule has 1 aliphatic heterocycles. The third-order valence-corrected chi connectivity index (χ3v) is 3.41. The molecule has 0 N–H and O–H groups in total. The van der Waals surface area contributed by atoms with Crippen molar-refractivity contribution in [1.82, 2.24) is 0 Å². The molecular formula is C16H13NO2. The van der Waals surface area contributed by atoms with Gasteiger partial charge in [0.2, 0.25) is 5.91 Å². The number of hydrogen-bond donors (Lipinski definition) is 0. The Labute approximate surface area is 111 Å². The highest BCUT2D eigenvalue weighted by atomic mass is 16.2. The van der Waals surface area contributed by atoms with Gasteiger partial charge in [0.25, 0.3) is 0 Å². The summed E-state index contributed by atoms with van der Waals surface area (Å²) in [5.74, 6) is -0.792. The molecule has 2 aromatic rings. The van der Waals surface area contributed by atoms with Gasteiger partial charge in [-0.2, -0.15) is 0 Å². The number of carbonyl (C=O) groups excluding carboxylic acids is 2. The number of fused-ring (bicyclic) bond motifs is 1. The molecule has 3 heteroatoms. The smallest absolute Gasteiger partial charge is 0.242 e. The van der Waals surface area contributed by atoms with Crippen molar-refractivity contribution in [2.24, 2.45) is 0 Å². The van der Waals surface area contributed by atoms with E-state index in [1.54, 1.807) is 4.90 Å². The van der Waals surface area contributed by atoms with Crippen LogP contribution in [0, 0.1) is 0 Å². The van der Waals surface area contributed by atoms with Gasteiger partial charge in [0.15, 0.2) is 0 Å². The fraction of sp³-hybridized carbons (Fsp3) is 0.125. The first kappa shape index (κ1) is 11.7. The van der Waals surface area contributed by atoms with E-state index in [9.17, 15) is 9.59 Å². The predicted molar refractivity (Wildman–Crippen MR) is 72.9 cm³/mol. The van der Waals surface area contributed by atoms with E-state index >= 15 is 0 Å². The summed E-state index contributed by atoms with van der Waals surface area (Å²) in [6.45, 7) is 0.501. The summed E-state index contributed by atoms with van der Waals surface area (Å²) in [6.07, 6.45) is 0.728. The third kappa shape index (κ3) is 1.93. The van der Waals surface area contributed by atoms with Gasteiger partial charge in [0.1, 0.15) is 12.2 Å². The Kier molecular flexibility index (Phi) is 2.88.